The molecule has 1 heterocycles. The van der Waals surface area contributed by atoms with E-state index in [2.05, 4.69) is 4.98 Å². The molecule has 27 heavy (non-hydrogen) atoms. The van der Waals surface area contributed by atoms with Crippen molar-refractivity contribution in [2.75, 3.05) is 0 Å². The SMILES string of the molecule is Fc1cc(F)c(-n2ccnc2P(c2ccccc2)c2ccccc2)cc1F. The Morgan fingerprint density at radius 3 is 1.85 bits per heavy atom. The van der Waals surface area contributed by atoms with Crippen LogP contribution in [-0.4, -0.2) is 9.55 Å². The van der Waals surface area contributed by atoms with Crippen LogP contribution >= 0.6 is 7.92 Å². The van der Waals surface area contributed by atoms with E-state index in [1.54, 1.807) is 6.20 Å². The van der Waals surface area contributed by atoms with E-state index in [4.69, 9.17) is 0 Å². The van der Waals surface area contributed by atoms with Crippen molar-refractivity contribution < 1.29 is 13.2 Å². The molecule has 4 aromatic rings. The van der Waals surface area contributed by atoms with Crippen LogP contribution in [0.3, 0.4) is 0 Å². The average molecular weight is 382 g/mol. The quantitative estimate of drug-likeness (QED) is 0.385. The third-order valence-corrected chi connectivity index (χ3v) is 6.46. The molecule has 1 aromatic heterocycles. The van der Waals surface area contributed by atoms with Gasteiger partial charge in [0.05, 0.1) is 5.69 Å². The van der Waals surface area contributed by atoms with Crippen molar-refractivity contribution in [1.82, 2.24) is 9.55 Å². The molecule has 0 bridgehead atoms. The molecule has 0 aliphatic rings. The van der Waals surface area contributed by atoms with Crippen LogP contribution < -0.4 is 16.2 Å². The van der Waals surface area contributed by atoms with E-state index in [1.807, 2.05) is 60.7 Å². The Hall–Kier alpha value is -2.91. The van der Waals surface area contributed by atoms with Crippen molar-refractivity contribution in [3.63, 3.8) is 0 Å². The van der Waals surface area contributed by atoms with E-state index < -0.39 is 25.4 Å². The van der Waals surface area contributed by atoms with Crippen molar-refractivity contribution in [3.05, 3.63) is 103 Å². The molecule has 0 fully saturated rings. The van der Waals surface area contributed by atoms with Crippen LogP contribution in [0.15, 0.2) is 85.2 Å². The smallest absolute Gasteiger partial charge is 0.161 e. The van der Waals surface area contributed by atoms with Crippen LogP contribution in [-0.2, 0) is 0 Å². The second kappa shape index (κ2) is 7.37. The number of halogens is 3. The highest BCUT2D eigenvalue weighted by Gasteiger charge is 2.23. The molecule has 0 saturated carbocycles. The molecule has 0 atom stereocenters. The topological polar surface area (TPSA) is 17.8 Å². The molecular weight excluding hydrogens is 368 g/mol. The number of hydrogen-bond acceptors (Lipinski definition) is 1. The van der Waals surface area contributed by atoms with E-state index in [0.29, 0.717) is 11.6 Å². The summed E-state index contributed by atoms with van der Waals surface area (Å²) in [5, 5.41) is 2.04. The highest BCUT2D eigenvalue weighted by atomic mass is 31.1. The van der Waals surface area contributed by atoms with Gasteiger partial charge in [-0.3, -0.25) is 4.57 Å². The van der Waals surface area contributed by atoms with Gasteiger partial charge in [0, 0.05) is 32.4 Å². The number of rotatable bonds is 4. The standard InChI is InChI=1S/C21H14F3N2P/c22-17-13-19(24)20(14-18(17)23)26-12-11-25-21(26)27(15-7-3-1-4-8-15)16-9-5-2-6-10-16/h1-14H. The van der Waals surface area contributed by atoms with Gasteiger partial charge in [-0.05, 0) is 10.6 Å². The molecule has 0 N–H and O–H groups in total. The maximum absolute atomic E-state index is 14.4. The molecule has 4 rings (SSSR count). The van der Waals surface area contributed by atoms with Crippen LogP contribution in [0.25, 0.3) is 5.69 Å². The third-order valence-electron chi connectivity index (χ3n) is 4.10. The summed E-state index contributed by atoms with van der Waals surface area (Å²) in [6.07, 6.45) is 3.10. The largest absolute Gasteiger partial charge is 0.297 e. The summed E-state index contributed by atoms with van der Waals surface area (Å²) in [5.41, 5.74) is 0.507. The van der Waals surface area contributed by atoms with Gasteiger partial charge in [0.25, 0.3) is 0 Å². The number of nitrogens with zero attached hydrogens (tertiary/aromatic N) is 2. The summed E-state index contributed by atoms with van der Waals surface area (Å²) in [4.78, 5) is 4.45. The lowest BCUT2D eigenvalue weighted by atomic mass is 10.3. The molecule has 0 saturated heterocycles. The van der Waals surface area contributed by atoms with E-state index in [-0.39, 0.29) is 5.69 Å². The highest BCUT2D eigenvalue weighted by Crippen LogP contribution is 2.33. The van der Waals surface area contributed by atoms with Crippen molar-refractivity contribution in [1.29, 1.82) is 0 Å². The van der Waals surface area contributed by atoms with E-state index in [1.165, 1.54) is 10.8 Å². The summed E-state index contributed by atoms with van der Waals surface area (Å²) in [6.45, 7) is 0. The van der Waals surface area contributed by atoms with Crippen molar-refractivity contribution in [2.45, 2.75) is 0 Å². The van der Waals surface area contributed by atoms with Gasteiger partial charge in [0.15, 0.2) is 11.6 Å². The van der Waals surface area contributed by atoms with Crippen LogP contribution in [0.5, 0.6) is 0 Å². The molecule has 0 spiro atoms. The number of imidazole rings is 1. The predicted octanol–water partition coefficient (Wildman–Crippen LogP) is 4.05. The van der Waals surface area contributed by atoms with Crippen LogP contribution in [0.2, 0.25) is 0 Å². The van der Waals surface area contributed by atoms with E-state index in [0.717, 1.165) is 16.7 Å². The Morgan fingerprint density at radius 2 is 1.26 bits per heavy atom. The Kier molecular flexibility index (Phi) is 4.78. The van der Waals surface area contributed by atoms with Gasteiger partial charge in [-0.2, -0.15) is 0 Å². The summed E-state index contributed by atoms with van der Waals surface area (Å²) >= 11 is 0. The Labute approximate surface area is 155 Å². The zero-order valence-electron chi connectivity index (χ0n) is 14.1. The van der Waals surface area contributed by atoms with Crippen LogP contribution in [0.4, 0.5) is 13.2 Å². The Balaban J connectivity index is 1.92. The van der Waals surface area contributed by atoms with E-state index in [9.17, 15) is 13.2 Å². The normalized spacial score (nSPS) is 11.1. The minimum atomic E-state index is -1.22. The van der Waals surface area contributed by atoms with Crippen molar-refractivity contribution in [2.24, 2.45) is 0 Å². The van der Waals surface area contributed by atoms with Gasteiger partial charge in [0.1, 0.15) is 11.4 Å². The number of benzene rings is 3. The van der Waals surface area contributed by atoms with Gasteiger partial charge in [-0.25, -0.2) is 18.2 Å². The first-order valence-corrected chi connectivity index (χ1v) is 9.58. The maximum atomic E-state index is 14.4. The summed E-state index contributed by atoms with van der Waals surface area (Å²) in [6, 6.07) is 20.9. The predicted molar refractivity (Wildman–Crippen MR) is 102 cm³/mol. The zero-order chi connectivity index (χ0) is 18.8. The van der Waals surface area contributed by atoms with Gasteiger partial charge >= 0.3 is 0 Å². The minimum Gasteiger partial charge on any atom is -0.297 e. The molecule has 2 nitrogen and oxygen atoms in total. The zero-order valence-corrected chi connectivity index (χ0v) is 15.0. The first-order chi connectivity index (χ1) is 13.1. The van der Waals surface area contributed by atoms with E-state index >= 15 is 0 Å². The minimum absolute atomic E-state index is 0.0687. The fourth-order valence-corrected chi connectivity index (χ4v) is 5.15. The number of aromatic nitrogens is 2. The second-order valence-electron chi connectivity index (χ2n) is 5.82. The Morgan fingerprint density at radius 1 is 0.704 bits per heavy atom. The van der Waals surface area contributed by atoms with Crippen LogP contribution in [0, 0.1) is 17.5 Å². The van der Waals surface area contributed by atoms with Gasteiger partial charge < -0.3 is 0 Å². The van der Waals surface area contributed by atoms with Crippen molar-refractivity contribution in [3.8, 4) is 5.69 Å². The first-order valence-electron chi connectivity index (χ1n) is 8.23. The van der Waals surface area contributed by atoms with Gasteiger partial charge in [-0.1, -0.05) is 60.7 Å². The Bertz CT molecular complexity index is 1030. The lowest BCUT2D eigenvalue weighted by Gasteiger charge is -2.20. The third kappa shape index (κ3) is 3.38. The van der Waals surface area contributed by atoms with Gasteiger partial charge in [0.2, 0.25) is 0 Å². The summed E-state index contributed by atoms with van der Waals surface area (Å²) in [7, 11) is -1.11. The number of hydrogen-bond donors (Lipinski definition) is 0. The molecule has 6 heteroatoms. The molecular formula is C21H14F3N2P. The second-order valence-corrected chi connectivity index (χ2v) is 7.93. The molecule has 0 amide bonds. The monoisotopic (exact) mass is 382 g/mol. The lowest BCUT2D eigenvalue weighted by Crippen LogP contribution is -2.27. The van der Waals surface area contributed by atoms with Crippen molar-refractivity contribution >= 4 is 24.1 Å². The fraction of sp³-hybridized carbons (Fsp3) is 0. The summed E-state index contributed by atoms with van der Waals surface area (Å²) < 4.78 is 43.0. The molecule has 0 aliphatic heterocycles. The van der Waals surface area contributed by atoms with Gasteiger partial charge in [-0.15, -0.1) is 0 Å². The fourth-order valence-electron chi connectivity index (χ4n) is 2.88. The lowest BCUT2D eigenvalue weighted by molar-refractivity contribution is 0.493. The van der Waals surface area contributed by atoms with Crippen LogP contribution in [0.1, 0.15) is 0 Å². The molecule has 134 valence electrons. The molecule has 0 aliphatic carbocycles. The average Bonchev–Trinajstić information content (AvgIpc) is 3.16. The molecule has 3 aromatic carbocycles. The summed E-state index contributed by atoms with van der Waals surface area (Å²) in [5.74, 6) is -3.16. The molecule has 0 unspecified atom stereocenters. The first kappa shape index (κ1) is 17.5. The highest BCUT2D eigenvalue weighted by molar-refractivity contribution is 7.79. The maximum Gasteiger partial charge on any atom is 0.161 e. The molecule has 0 radical (unpaired) electrons.